The summed E-state index contributed by atoms with van der Waals surface area (Å²) in [6.07, 6.45) is 2.08. The molecule has 0 aromatic heterocycles. The molecular formula is C18H34N2O3. The summed E-state index contributed by atoms with van der Waals surface area (Å²) in [4.78, 5) is 37.4. The summed E-state index contributed by atoms with van der Waals surface area (Å²) >= 11 is 0. The minimum Gasteiger partial charge on any atom is -0.335 e. The van der Waals surface area contributed by atoms with Crippen LogP contribution in [0.25, 0.3) is 0 Å². The molecule has 1 amide bonds. The van der Waals surface area contributed by atoms with Crippen molar-refractivity contribution in [2.24, 2.45) is 11.8 Å². The summed E-state index contributed by atoms with van der Waals surface area (Å²) in [7, 11) is 0. The molecular weight excluding hydrogens is 292 g/mol. The fraction of sp³-hybridized carbons (Fsp3) is 0.833. The van der Waals surface area contributed by atoms with Crippen LogP contribution in [-0.2, 0) is 14.4 Å². The number of Topliss-reactive ketones (excluding diaryl/α,β-unsaturated/α-hetero) is 2. The highest BCUT2D eigenvalue weighted by molar-refractivity contribution is 5.86. The number of carbonyl (C=O) groups is 3. The maximum atomic E-state index is 12.1. The Balaban J connectivity index is 4.40. The minimum atomic E-state index is 0.00605. The molecule has 0 aromatic carbocycles. The van der Waals surface area contributed by atoms with Gasteiger partial charge >= 0.3 is 0 Å². The van der Waals surface area contributed by atoms with Gasteiger partial charge in [-0.05, 0) is 24.8 Å². The van der Waals surface area contributed by atoms with E-state index in [1.165, 1.54) is 0 Å². The number of rotatable bonds is 13. The molecule has 0 spiro atoms. The van der Waals surface area contributed by atoms with Gasteiger partial charge in [-0.2, -0.15) is 0 Å². The van der Waals surface area contributed by atoms with Crippen molar-refractivity contribution in [3.63, 3.8) is 0 Å². The van der Waals surface area contributed by atoms with Crippen molar-refractivity contribution in [1.29, 1.82) is 0 Å². The van der Waals surface area contributed by atoms with Crippen molar-refractivity contribution in [3.8, 4) is 0 Å². The van der Waals surface area contributed by atoms with Gasteiger partial charge in [0.05, 0.1) is 13.1 Å². The summed E-state index contributed by atoms with van der Waals surface area (Å²) in [6, 6.07) is 0. The number of ketones is 2. The third-order valence-corrected chi connectivity index (χ3v) is 3.56. The second-order valence-corrected chi connectivity index (χ2v) is 6.79. The van der Waals surface area contributed by atoms with Gasteiger partial charge < -0.3 is 10.2 Å². The van der Waals surface area contributed by atoms with Crippen molar-refractivity contribution in [1.82, 2.24) is 10.2 Å². The van der Waals surface area contributed by atoms with E-state index >= 15 is 0 Å². The number of carbonyl (C=O) groups excluding carboxylic acids is 3. The van der Waals surface area contributed by atoms with Crippen molar-refractivity contribution in [2.75, 3.05) is 26.2 Å². The van der Waals surface area contributed by atoms with Crippen molar-refractivity contribution < 1.29 is 14.4 Å². The first-order valence-corrected chi connectivity index (χ1v) is 8.81. The van der Waals surface area contributed by atoms with Crippen LogP contribution in [0.5, 0.6) is 0 Å². The maximum Gasteiger partial charge on any atom is 0.222 e. The van der Waals surface area contributed by atoms with Crippen LogP contribution in [-0.4, -0.2) is 48.6 Å². The Morgan fingerprint density at radius 3 is 2.22 bits per heavy atom. The number of nitrogens with one attached hydrogen (secondary N) is 1. The van der Waals surface area contributed by atoms with E-state index in [0.717, 1.165) is 13.0 Å². The van der Waals surface area contributed by atoms with Crippen LogP contribution in [0, 0.1) is 11.8 Å². The zero-order valence-electron chi connectivity index (χ0n) is 15.5. The molecule has 0 saturated carbocycles. The van der Waals surface area contributed by atoms with Gasteiger partial charge in [-0.25, -0.2) is 0 Å². The molecule has 0 saturated heterocycles. The molecule has 0 aliphatic heterocycles. The molecule has 0 aromatic rings. The van der Waals surface area contributed by atoms with Crippen molar-refractivity contribution in [2.45, 2.75) is 60.3 Å². The second kappa shape index (κ2) is 12.2. The third kappa shape index (κ3) is 11.0. The average Bonchev–Trinajstić information content (AvgIpc) is 2.45. The summed E-state index contributed by atoms with van der Waals surface area (Å²) in [5, 5.41) is 3.14. The molecule has 0 radical (unpaired) electrons. The molecule has 5 heteroatoms. The first-order valence-electron chi connectivity index (χ1n) is 8.81. The van der Waals surface area contributed by atoms with Gasteiger partial charge in [-0.1, -0.05) is 34.6 Å². The van der Waals surface area contributed by atoms with Gasteiger partial charge in [0.2, 0.25) is 5.91 Å². The third-order valence-electron chi connectivity index (χ3n) is 3.56. The fourth-order valence-electron chi connectivity index (χ4n) is 2.35. The number of amides is 1. The monoisotopic (exact) mass is 326 g/mol. The van der Waals surface area contributed by atoms with Gasteiger partial charge in [-0.15, -0.1) is 0 Å². The standard InChI is InChI=1S/C18H34N2O3/c1-6-8-18(23)20(13-16(21)7-2)12-15(5)9-17(22)11-19-10-14(3)4/h14-15,19H,6-13H2,1-5H3/t15-/m1/s1. The number of hydrogen-bond donors (Lipinski definition) is 1. The van der Waals surface area contributed by atoms with Crippen LogP contribution < -0.4 is 5.32 Å². The molecule has 0 aliphatic carbocycles. The van der Waals surface area contributed by atoms with Gasteiger partial charge in [0, 0.05) is 25.8 Å². The molecule has 5 nitrogen and oxygen atoms in total. The SMILES string of the molecule is CCCC(=O)N(CC(=O)CC)C[C@H](C)CC(=O)CNCC(C)C. The zero-order chi connectivity index (χ0) is 17.8. The topological polar surface area (TPSA) is 66.5 Å². The summed E-state index contributed by atoms with van der Waals surface area (Å²) < 4.78 is 0. The van der Waals surface area contributed by atoms with E-state index in [0.29, 0.717) is 38.3 Å². The van der Waals surface area contributed by atoms with E-state index in [4.69, 9.17) is 0 Å². The summed E-state index contributed by atoms with van der Waals surface area (Å²) in [5.74, 6) is 0.803. The molecule has 0 aliphatic rings. The van der Waals surface area contributed by atoms with Crippen molar-refractivity contribution >= 4 is 17.5 Å². The lowest BCUT2D eigenvalue weighted by atomic mass is 10.0. The Kier molecular flexibility index (Phi) is 11.6. The summed E-state index contributed by atoms with van der Waals surface area (Å²) in [5.41, 5.74) is 0. The van der Waals surface area contributed by atoms with Crippen molar-refractivity contribution in [3.05, 3.63) is 0 Å². The lowest BCUT2D eigenvalue weighted by Gasteiger charge is -2.25. The summed E-state index contributed by atoms with van der Waals surface area (Å²) in [6.45, 7) is 11.8. The molecule has 1 N–H and O–H groups in total. The van der Waals surface area contributed by atoms with Gasteiger partial charge in [0.15, 0.2) is 5.78 Å². The Morgan fingerprint density at radius 2 is 1.70 bits per heavy atom. The Bertz CT molecular complexity index is 380. The van der Waals surface area contributed by atoms with E-state index in [-0.39, 0.29) is 29.9 Å². The van der Waals surface area contributed by atoms with E-state index in [1.54, 1.807) is 11.8 Å². The molecule has 0 unspecified atom stereocenters. The Labute approximate surface area is 141 Å². The highest BCUT2D eigenvalue weighted by Gasteiger charge is 2.19. The molecule has 0 bridgehead atoms. The second-order valence-electron chi connectivity index (χ2n) is 6.79. The highest BCUT2D eigenvalue weighted by Crippen LogP contribution is 2.09. The van der Waals surface area contributed by atoms with Gasteiger partial charge in [0.25, 0.3) is 0 Å². The van der Waals surface area contributed by atoms with Crippen LogP contribution in [0.3, 0.4) is 0 Å². The van der Waals surface area contributed by atoms with Gasteiger partial charge in [0.1, 0.15) is 5.78 Å². The predicted octanol–water partition coefficient (Wildman–Crippen LogP) is 2.44. The van der Waals surface area contributed by atoms with Crippen LogP contribution in [0.1, 0.15) is 60.3 Å². The average molecular weight is 326 g/mol. The quantitative estimate of drug-likeness (QED) is 0.564. The molecule has 0 heterocycles. The predicted molar refractivity (Wildman–Crippen MR) is 93.3 cm³/mol. The maximum absolute atomic E-state index is 12.1. The molecule has 1 atom stereocenters. The molecule has 23 heavy (non-hydrogen) atoms. The van der Waals surface area contributed by atoms with Crippen LogP contribution >= 0.6 is 0 Å². The molecule has 134 valence electrons. The van der Waals surface area contributed by atoms with Gasteiger partial charge in [-0.3, -0.25) is 14.4 Å². The lowest BCUT2D eigenvalue weighted by Crippen LogP contribution is -2.39. The molecule has 0 fully saturated rings. The number of nitrogens with zero attached hydrogens (tertiary/aromatic N) is 1. The molecule has 0 rings (SSSR count). The lowest BCUT2D eigenvalue weighted by molar-refractivity contribution is -0.136. The Morgan fingerprint density at radius 1 is 1.04 bits per heavy atom. The van der Waals surface area contributed by atoms with E-state index in [1.807, 2.05) is 13.8 Å². The normalized spacial score (nSPS) is 12.3. The first kappa shape index (κ1) is 21.8. The van der Waals surface area contributed by atoms with E-state index in [2.05, 4.69) is 19.2 Å². The van der Waals surface area contributed by atoms with Crippen LogP contribution in [0.2, 0.25) is 0 Å². The largest absolute Gasteiger partial charge is 0.335 e. The van der Waals surface area contributed by atoms with Crippen LogP contribution in [0.15, 0.2) is 0 Å². The number of hydrogen-bond acceptors (Lipinski definition) is 4. The highest BCUT2D eigenvalue weighted by atomic mass is 16.2. The zero-order valence-corrected chi connectivity index (χ0v) is 15.5. The van der Waals surface area contributed by atoms with Crippen LogP contribution in [0.4, 0.5) is 0 Å². The fourth-order valence-corrected chi connectivity index (χ4v) is 2.35. The minimum absolute atomic E-state index is 0.00605. The van der Waals surface area contributed by atoms with E-state index in [9.17, 15) is 14.4 Å². The Hall–Kier alpha value is -1.23. The smallest absolute Gasteiger partial charge is 0.222 e. The first-order chi connectivity index (χ1) is 10.8. The van der Waals surface area contributed by atoms with E-state index < -0.39 is 0 Å².